The van der Waals surface area contributed by atoms with Crippen LogP contribution in [-0.2, 0) is 0 Å². The largest absolute Gasteiger partial charge is 0.353 e. The van der Waals surface area contributed by atoms with E-state index in [0.29, 0.717) is 0 Å². The summed E-state index contributed by atoms with van der Waals surface area (Å²) in [5, 5.41) is 4.90. The molecule has 0 spiro atoms. The van der Waals surface area contributed by atoms with Gasteiger partial charge in [0.05, 0.1) is 22.1 Å². The van der Waals surface area contributed by atoms with Crippen LogP contribution in [0.2, 0.25) is 0 Å². The highest BCUT2D eigenvalue weighted by Crippen LogP contribution is 2.32. The molecule has 3 aromatic carbocycles. The van der Waals surface area contributed by atoms with E-state index in [-0.39, 0.29) is 0 Å². The highest BCUT2D eigenvalue weighted by Gasteiger charge is 2.11. The quantitative estimate of drug-likeness (QED) is 0.404. The van der Waals surface area contributed by atoms with Crippen LogP contribution in [0.3, 0.4) is 0 Å². The van der Waals surface area contributed by atoms with E-state index in [1.165, 1.54) is 32.7 Å². The van der Waals surface area contributed by atoms with Crippen molar-refractivity contribution in [3.05, 3.63) is 85.2 Å². The van der Waals surface area contributed by atoms with Gasteiger partial charge in [-0.3, -0.25) is 4.98 Å². The van der Waals surface area contributed by atoms with E-state index in [2.05, 4.69) is 87.5 Å². The number of fused-ring (bicyclic) bond motifs is 6. The van der Waals surface area contributed by atoms with Crippen LogP contribution in [0.5, 0.6) is 0 Å². The summed E-state index contributed by atoms with van der Waals surface area (Å²) in [5.74, 6) is 0. The SMILES string of the molecule is c1ccc2cc(-n3ccc4c5[nH]c6cccnc6c5ccc43)ccc2c1. The van der Waals surface area contributed by atoms with Crippen LogP contribution >= 0.6 is 0 Å². The van der Waals surface area contributed by atoms with Crippen molar-refractivity contribution in [3.8, 4) is 5.69 Å². The average molecular weight is 333 g/mol. The number of nitrogens with zero attached hydrogens (tertiary/aromatic N) is 2. The number of pyridine rings is 1. The minimum absolute atomic E-state index is 1.03. The van der Waals surface area contributed by atoms with Gasteiger partial charge in [-0.2, -0.15) is 0 Å². The van der Waals surface area contributed by atoms with E-state index >= 15 is 0 Å². The lowest BCUT2D eigenvalue weighted by molar-refractivity contribution is 1.13. The van der Waals surface area contributed by atoms with Gasteiger partial charge in [-0.15, -0.1) is 0 Å². The van der Waals surface area contributed by atoms with Gasteiger partial charge in [0, 0.05) is 28.9 Å². The molecular weight excluding hydrogens is 318 g/mol. The van der Waals surface area contributed by atoms with E-state index < -0.39 is 0 Å². The third-order valence-corrected chi connectivity index (χ3v) is 5.21. The molecule has 0 radical (unpaired) electrons. The van der Waals surface area contributed by atoms with Crippen molar-refractivity contribution in [1.29, 1.82) is 0 Å². The number of nitrogens with one attached hydrogen (secondary N) is 1. The number of aromatic nitrogens is 3. The zero-order valence-corrected chi connectivity index (χ0v) is 14.0. The fourth-order valence-electron chi connectivity index (χ4n) is 3.96. The van der Waals surface area contributed by atoms with Gasteiger partial charge in [0.25, 0.3) is 0 Å². The molecule has 0 amide bonds. The summed E-state index contributed by atoms with van der Waals surface area (Å²) >= 11 is 0. The number of hydrogen-bond acceptors (Lipinski definition) is 1. The molecule has 26 heavy (non-hydrogen) atoms. The maximum absolute atomic E-state index is 4.54. The Morgan fingerprint density at radius 1 is 0.769 bits per heavy atom. The van der Waals surface area contributed by atoms with Gasteiger partial charge in [-0.1, -0.05) is 30.3 Å². The maximum atomic E-state index is 4.54. The van der Waals surface area contributed by atoms with E-state index in [1.54, 1.807) is 0 Å². The van der Waals surface area contributed by atoms with Crippen LogP contribution in [0.25, 0.3) is 49.3 Å². The molecule has 6 rings (SSSR count). The molecule has 0 saturated carbocycles. The standard InChI is InChI=1S/C23H15N3/c1-2-5-16-14-17(8-7-15(16)4-1)26-13-11-18-21(26)10-9-19-22(18)25-20-6-3-12-24-23(19)20/h1-14,25H. The van der Waals surface area contributed by atoms with Crippen LogP contribution in [0.15, 0.2) is 85.2 Å². The Morgan fingerprint density at radius 3 is 2.65 bits per heavy atom. The van der Waals surface area contributed by atoms with E-state index in [1.807, 2.05) is 12.3 Å². The van der Waals surface area contributed by atoms with E-state index in [9.17, 15) is 0 Å². The molecule has 1 N–H and O–H groups in total. The zero-order valence-electron chi connectivity index (χ0n) is 14.0. The number of rotatable bonds is 1. The highest BCUT2D eigenvalue weighted by atomic mass is 15.0. The summed E-state index contributed by atoms with van der Waals surface area (Å²) in [5.41, 5.74) is 5.62. The lowest BCUT2D eigenvalue weighted by atomic mass is 10.1. The first kappa shape index (κ1) is 13.7. The third kappa shape index (κ3) is 1.80. The first-order valence-corrected chi connectivity index (χ1v) is 8.74. The summed E-state index contributed by atoms with van der Waals surface area (Å²) in [6.45, 7) is 0. The molecule has 0 bridgehead atoms. The second-order valence-electron chi connectivity index (χ2n) is 6.66. The molecule has 0 atom stereocenters. The Kier molecular flexibility index (Phi) is 2.61. The van der Waals surface area contributed by atoms with Gasteiger partial charge in [0.2, 0.25) is 0 Å². The van der Waals surface area contributed by atoms with Crippen molar-refractivity contribution < 1.29 is 0 Å². The topological polar surface area (TPSA) is 33.6 Å². The van der Waals surface area contributed by atoms with Crippen molar-refractivity contribution in [2.75, 3.05) is 0 Å². The van der Waals surface area contributed by atoms with E-state index in [4.69, 9.17) is 0 Å². The van der Waals surface area contributed by atoms with Crippen molar-refractivity contribution in [3.63, 3.8) is 0 Å². The minimum atomic E-state index is 1.03. The van der Waals surface area contributed by atoms with Crippen LogP contribution in [0.1, 0.15) is 0 Å². The Hall–Kier alpha value is -3.59. The molecule has 0 aliphatic rings. The Balaban J connectivity index is 1.65. The fourth-order valence-corrected chi connectivity index (χ4v) is 3.96. The molecule has 3 aromatic heterocycles. The molecule has 6 aromatic rings. The smallest absolute Gasteiger partial charge is 0.0957 e. The molecule has 0 unspecified atom stereocenters. The van der Waals surface area contributed by atoms with Gasteiger partial charge in [0.1, 0.15) is 0 Å². The predicted octanol–water partition coefficient (Wildman–Crippen LogP) is 5.81. The summed E-state index contributed by atoms with van der Waals surface area (Å²) in [6, 6.07) is 25.7. The Morgan fingerprint density at radius 2 is 1.69 bits per heavy atom. The van der Waals surface area contributed by atoms with Crippen LogP contribution in [0.4, 0.5) is 0 Å². The highest BCUT2D eigenvalue weighted by molar-refractivity contribution is 6.15. The molecule has 3 heterocycles. The second kappa shape index (κ2) is 4.96. The minimum Gasteiger partial charge on any atom is -0.353 e. The van der Waals surface area contributed by atoms with Gasteiger partial charge in [-0.05, 0) is 53.2 Å². The number of aromatic amines is 1. The molecule has 0 aliphatic carbocycles. The van der Waals surface area contributed by atoms with Crippen molar-refractivity contribution >= 4 is 43.6 Å². The fraction of sp³-hybridized carbons (Fsp3) is 0. The normalized spacial score (nSPS) is 11.8. The summed E-state index contributed by atoms with van der Waals surface area (Å²) < 4.78 is 2.25. The molecular formula is C23H15N3. The number of hydrogen-bond donors (Lipinski definition) is 1. The van der Waals surface area contributed by atoms with Crippen LogP contribution < -0.4 is 0 Å². The molecule has 0 fully saturated rings. The molecule has 3 heteroatoms. The van der Waals surface area contributed by atoms with Crippen molar-refractivity contribution in [2.45, 2.75) is 0 Å². The van der Waals surface area contributed by atoms with Gasteiger partial charge < -0.3 is 9.55 Å². The first-order valence-electron chi connectivity index (χ1n) is 8.74. The second-order valence-corrected chi connectivity index (χ2v) is 6.66. The Labute approximate surface area is 149 Å². The summed E-state index contributed by atoms with van der Waals surface area (Å²) in [7, 11) is 0. The average Bonchev–Trinajstić information content (AvgIpc) is 3.29. The maximum Gasteiger partial charge on any atom is 0.0957 e. The molecule has 0 saturated heterocycles. The van der Waals surface area contributed by atoms with Gasteiger partial charge in [0.15, 0.2) is 0 Å². The monoisotopic (exact) mass is 333 g/mol. The van der Waals surface area contributed by atoms with Gasteiger partial charge >= 0.3 is 0 Å². The van der Waals surface area contributed by atoms with Gasteiger partial charge in [-0.25, -0.2) is 0 Å². The third-order valence-electron chi connectivity index (χ3n) is 5.21. The van der Waals surface area contributed by atoms with Crippen LogP contribution in [0, 0.1) is 0 Å². The zero-order chi connectivity index (χ0) is 17.1. The Bertz CT molecular complexity index is 1440. The van der Waals surface area contributed by atoms with Crippen molar-refractivity contribution in [1.82, 2.24) is 14.5 Å². The van der Waals surface area contributed by atoms with E-state index in [0.717, 1.165) is 16.6 Å². The molecule has 0 aliphatic heterocycles. The van der Waals surface area contributed by atoms with Crippen LogP contribution in [-0.4, -0.2) is 14.5 Å². The molecule has 122 valence electrons. The summed E-state index contributed by atoms with van der Waals surface area (Å²) in [4.78, 5) is 8.08. The summed E-state index contributed by atoms with van der Waals surface area (Å²) in [6.07, 6.45) is 3.99. The first-order chi connectivity index (χ1) is 12.9. The lowest BCUT2D eigenvalue weighted by Crippen LogP contribution is -1.91. The predicted molar refractivity (Wildman–Crippen MR) is 108 cm³/mol. The van der Waals surface area contributed by atoms with Crippen molar-refractivity contribution in [2.24, 2.45) is 0 Å². The lowest BCUT2D eigenvalue weighted by Gasteiger charge is -2.07. The number of benzene rings is 3. The molecule has 3 nitrogen and oxygen atoms in total. The number of H-pyrrole nitrogens is 1.